The van der Waals surface area contributed by atoms with Crippen molar-refractivity contribution in [3.8, 4) is 12.3 Å². The number of aromatic nitrogens is 1. The van der Waals surface area contributed by atoms with Gasteiger partial charge in [-0.05, 0) is 18.6 Å². The minimum absolute atomic E-state index is 0.0328. The van der Waals surface area contributed by atoms with Gasteiger partial charge in [0, 0.05) is 30.8 Å². The molecule has 1 heterocycles. The maximum absolute atomic E-state index is 11.8. The summed E-state index contributed by atoms with van der Waals surface area (Å²) in [7, 11) is -3.30. The van der Waals surface area contributed by atoms with E-state index in [2.05, 4.69) is 15.6 Å². The second-order valence-corrected chi connectivity index (χ2v) is 5.89. The molecule has 0 aliphatic carbocycles. The van der Waals surface area contributed by atoms with Gasteiger partial charge in [0.1, 0.15) is 0 Å². The average molecular weight is 266 g/mol. The summed E-state index contributed by atoms with van der Waals surface area (Å²) in [6.45, 7) is 1.91. The van der Waals surface area contributed by atoms with Crippen molar-refractivity contribution in [2.45, 2.75) is 32.2 Å². The van der Waals surface area contributed by atoms with Crippen LogP contribution in [-0.4, -0.2) is 25.2 Å². The third kappa shape index (κ3) is 5.30. The second-order valence-electron chi connectivity index (χ2n) is 4.02. The van der Waals surface area contributed by atoms with Crippen LogP contribution in [0.25, 0.3) is 0 Å². The molecule has 1 aromatic rings. The molecule has 1 N–H and O–H groups in total. The number of terminal acetylenes is 1. The number of hydrogen-bond acceptors (Lipinski definition) is 3. The van der Waals surface area contributed by atoms with E-state index in [1.165, 1.54) is 0 Å². The van der Waals surface area contributed by atoms with E-state index >= 15 is 0 Å². The summed E-state index contributed by atoms with van der Waals surface area (Å²) < 4.78 is 26.3. The van der Waals surface area contributed by atoms with Gasteiger partial charge in [0.2, 0.25) is 10.0 Å². The fourth-order valence-corrected chi connectivity index (χ4v) is 2.86. The van der Waals surface area contributed by atoms with Crippen molar-refractivity contribution in [2.75, 3.05) is 5.75 Å². The van der Waals surface area contributed by atoms with Crippen LogP contribution in [0.1, 0.15) is 25.5 Å². The molecule has 0 spiro atoms. The predicted octanol–water partition coefficient (Wildman–Crippen LogP) is 1.35. The van der Waals surface area contributed by atoms with Gasteiger partial charge in [0.25, 0.3) is 0 Å². The highest BCUT2D eigenvalue weighted by atomic mass is 32.2. The van der Waals surface area contributed by atoms with E-state index < -0.39 is 10.0 Å². The molecule has 1 aromatic heterocycles. The highest BCUT2D eigenvalue weighted by Crippen LogP contribution is 2.02. The molecule has 1 atom stereocenters. The van der Waals surface area contributed by atoms with Crippen molar-refractivity contribution in [1.82, 2.24) is 9.71 Å². The number of pyridine rings is 1. The summed E-state index contributed by atoms with van der Waals surface area (Å²) in [5.41, 5.74) is 0.771. The first-order valence-corrected chi connectivity index (χ1v) is 7.56. The van der Waals surface area contributed by atoms with Gasteiger partial charge < -0.3 is 0 Å². The van der Waals surface area contributed by atoms with Gasteiger partial charge >= 0.3 is 0 Å². The molecule has 0 amide bonds. The zero-order valence-corrected chi connectivity index (χ0v) is 11.3. The van der Waals surface area contributed by atoms with Crippen LogP contribution in [0.4, 0.5) is 0 Å². The van der Waals surface area contributed by atoms with E-state index in [0.29, 0.717) is 19.3 Å². The number of nitrogens with zero attached hydrogens (tertiary/aromatic N) is 1. The summed E-state index contributed by atoms with van der Waals surface area (Å²) in [6, 6.07) is 5.28. The summed E-state index contributed by atoms with van der Waals surface area (Å²) in [4.78, 5) is 4.09. The van der Waals surface area contributed by atoms with Crippen LogP contribution in [0, 0.1) is 12.3 Å². The summed E-state index contributed by atoms with van der Waals surface area (Å²) in [6.07, 6.45) is 8.36. The SMILES string of the molecule is C#CCC(CC)NS(=O)(=O)CCc1ccccn1. The van der Waals surface area contributed by atoms with E-state index in [9.17, 15) is 8.42 Å². The van der Waals surface area contributed by atoms with E-state index in [0.717, 1.165) is 5.69 Å². The van der Waals surface area contributed by atoms with Crippen LogP contribution in [0.5, 0.6) is 0 Å². The zero-order chi connectivity index (χ0) is 13.4. The number of hydrogen-bond donors (Lipinski definition) is 1. The molecule has 0 saturated carbocycles. The van der Waals surface area contributed by atoms with Gasteiger partial charge in [-0.15, -0.1) is 12.3 Å². The molecule has 0 fully saturated rings. The second kappa shape index (κ2) is 7.14. The Morgan fingerprint density at radius 2 is 2.28 bits per heavy atom. The molecule has 0 radical (unpaired) electrons. The van der Waals surface area contributed by atoms with Gasteiger partial charge in [-0.3, -0.25) is 4.98 Å². The van der Waals surface area contributed by atoms with Gasteiger partial charge in [-0.25, -0.2) is 13.1 Å². The molecule has 0 aliphatic heterocycles. The zero-order valence-electron chi connectivity index (χ0n) is 10.5. The fraction of sp³-hybridized carbons (Fsp3) is 0.462. The molecule has 0 saturated heterocycles. The van der Waals surface area contributed by atoms with Crippen LogP contribution in [-0.2, 0) is 16.4 Å². The first-order chi connectivity index (χ1) is 8.57. The normalized spacial score (nSPS) is 12.9. The molecule has 0 aliphatic rings. The monoisotopic (exact) mass is 266 g/mol. The van der Waals surface area contributed by atoms with Crippen molar-refractivity contribution >= 4 is 10.0 Å². The molecule has 5 heteroatoms. The Kier molecular flexibility index (Phi) is 5.83. The lowest BCUT2D eigenvalue weighted by molar-refractivity contribution is 0.543. The van der Waals surface area contributed by atoms with Crippen LogP contribution in [0.2, 0.25) is 0 Å². The third-order valence-corrected chi connectivity index (χ3v) is 3.99. The largest absolute Gasteiger partial charge is 0.261 e. The van der Waals surface area contributed by atoms with Crippen molar-refractivity contribution in [3.63, 3.8) is 0 Å². The van der Waals surface area contributed by atoms with E-state index in [-0.39, 0.29) is 11.8 Å². The quantitative estimate of drug-likeness (QED) is 0.758. The standard InChI is InChI=1S/C13H18N2O2S/c1-3-7-12(4-2)15-18(16,17)11-9-13-8-5-6-10-14-13/h1,5-6,8,10,12,15H,4,7,9,11H2,2H3. The predicted molar refractivity (Wildman–Crippen MR) is 72.4 cm³/mol. The maximum atomic E-state index is 11.8. The van der Waals surface area contributed by atoms with E-state index in [1.807, 2.05) is 19.1 Å². The smallest absolute Gasteiger partial charge is 0.212 e. The molecule has 18 heavy (non-hydrogen) atoms. The van der Waals surface area contributed by atoms with Gasteiger partial charge in [0.15, 0.2) is 0 Å². The summed E-state index contributed by atoms with van der Waals surface area (Å²) in [5.74, 6) is 2.51. The molecule has 0 bridgehead atoms. The van der Waals surface area contributed by atoms with Crippen molar-refractivity contribution < 1.29 is 8.42 Å². The number of sulfonamides is 1. The van der Waals surface area contributed by atoms with E-state index in [1.54, 1.807) is 12.3 Å². The summed E-state index contributed by atoms with van der Waals surface area (Å²) in [5, 5.41) is 0. The fourth-order valence-electron chi connectivity index (χ4n) is 1.51. The number of rotatable bonds is 7. The molecular formula is C13H18N2O2S. The van der Waals surface area contributed by atoms with Crippen LogP contribution in [0.3, 0.4) is 0 Å². The maximum Gasteiger partial charge on any atom is 0.212 e. The van der Waals surface area contributed by atoms with Crippen LogP contribution < -0.4 is 4.72 Å². The number of aryl methyl sites for hydroxylation is 1. The van der Waals surface area contributed by atoms with Crippen molar-refractivity contribution in [3.05, 3.63) is 30.1 Å². The highest BCUT2D eigenvalue weighted by Gasteiger charge is 2.15. The first-order valence-electron chi connectivity index (χ1n) is 5.90. The Balaban J connectivity index is 2.52. The molecular weight excluding hydrogens is 248 g/mol. The van der Waals surface area contributed by atoms with Crippen molar-refractivity contribution in [1.29, 1.82) is 0 Å². The van der Waals surface area contributed by atoms with Crippen LogP contribution in [0.15, 0.2) is 24.4 Å². The minimum Gasteiger partial charge on any atom is -0.261 e. The Bertz CT molecular complexity index is 491. The Hall–Kier alpha value is -1.38. The minimum atomic E-state index is -3.30. The lowest BCUT2D eigenvalue weighted by Gasteiger charge is -2.14. The first kappa shape index (κ1) is 14.7. The third-order valence-electron chi connectivity index (χ3n) is 2.56. The lowest BCUT2D eigenvalue weighted by Crippen LogP contribution is -2.36. The van der Waals surface area contributed by atoms with Crippen LogP contribution >= 0.6 is 0 Å². The van der Waals surface area contributed by atoms with Gasteiger partial charge in [0.05, 0.1) is 5.75 Å². The van der Waals surface area contributed by atoms with E-state index in [4.69, 9.17) is 6.42 Å². The summed E-state index contributed by atoms with van der Waals surface area (Å²) >= 11 is 0. The lowest BCUT2D eigenvalue weighted by atomic mass is 10.2. The molecule has 98 valence electrons. The Morgan fingerprint density at radius 3 is 2.83 bits per heavy atom. The van der Waals surface area contributed by atoms with Crippen molar-refractivity contribution in [2.24, 2.45) is 0 Å². The number of nitrogens with one attached hydrogen (secondary N) is 1. The molecule has 1 rings (SSSR count). The average Bonchev–Trinajstić information content (AvgIpc) is 2.37. The molecule has 0 aromatic carbocycles. The highest BCUT2D eigenvalue weighted by molar-refractivity contribution is 7.89. The van der Waals surface area contributed by atoms with Gasteiger partial charge in [-0.1, -0.05) is 13.0 Å². The topological polar surface area (TPSA) is 59.1 Å². The Morgan fingerprint density at radius 1 is 1.50 bits per heavy atom. The molecule has 4 nitrogen and oxygen atoms in total. The Labute approximate surface area is 109 Å². The van der Waals surface area contributed by atoms with Gasteiger partial charge in [-0.2, -0.15) is 0 Å². The molecule has 1 unspecified atom stereocenters.